The number of ketones is 1. The van der Waals surface area contributed by atoms with Gasteiger partial charge in [-0.3, -0.25) is 4.79 Å². The number of hydrogen-bond acceptors (Lipinski definition) is 4. The molecule has 0 unspecified atom stereocenters. The molecule has 0 bridgehead atoms. The molecule has 1 aromatic rings. The predicted molar refractivity (Wildman–Crippen MR) is 65.4 cm³/mol. The van der Waals surface area contributed by atoms with Crippen molar-refractivity contribution in [3.63, 3.8) is 0 Å². The molecule has 0 aliphatic carbocycles. The number of Topliss-reactive ketones (excluding diaryl/α,β-unsaturated/α-hetero) is 1. The van der Waals surface area contributed by atoms with Gasteiger partial charge in [-0.25, -0.2) is 9.97 Å². The minimum absolute atomic E-state index is 0.259. The normalized spacial score (nSPS) is 26.9. The highest BCUT2D eigenvalue weighted by Crippen LogP contribution is 2.42. The quantitative estimate of drug-likeness (QED) is 0.717. The van der Waals surface area contributed by atoms with Crippen LogP contribution in [0.2, 0.25) is 5.28 Å². The molecule has 0 N–H and O–H groups in total. The Morgan fingerprint density at radius 3 is 3.18 bits per heavy atom. The van der Waals surface area contributed by atoms with Crippen molar-refractivity contribution in [1.82, 2.24) is 9.97 Å². The van der Waals surface area contributed by atoms with Crippen molar-refractivity contribution in [2.45, 2.75) is 38.1 Å². The first-order valence-corrected chi connectivity index (χ1v) is 6.37. The molecule has 3 heterocycles. The van der Waals surface area contributed by atoms with E-state index in [1.165, 1.54) is 0 Å². The van der Waals surface area contributed by atoms with Gasteiger partial charge in [-0.05, 0) is 30.9 Å². The summed E-state index contributed by atoms with van der Waals surface area (Å²) in [6, 6.07) is 0. The van der Waals surface area contributed by atoms with Crippen LogP contribution in [0.15, 0.2) is 6.20 Å². The molecule has 5 heteroatoms. The molecule has 1 atom stereocenters. The molecule has 0 aromatic carbocycles. The van der Waals surface area contributed by atoms with Crippen molar-refractivity contribution in [3.05, 3.63) is 17.0 Å². The third-order valence-corrected chi connectivity index (χ3v) is 4.19. The molecule has 2 aliphatic rings. The first-order valence-electron chi connectivity index (χ1n) is 6.00. The Morgan fingerprint density at radius 1 is 1.59 bits per heavy atom. The average Bonchev–Trinajstić information content (AvgIpc) is 2.76. The van der Waals surface area contributed by atoms with E-state index in [9.17, 15) is 4.79 Å². The zero-order valence-electron chi connectivity index (χ0n) is 9.74. The predicted octanol–water partition coefficient (Wildman–Crippen LogP) is 2.00. The number of fused-ring (bicyclic) bond motifs is 3. The van der Waals surface area contributed by atoms with Gasteiger partial charge in [-0.2, -0.15) is 0 Å². The Labute approximate surface area is 105 Å². The van der Waals surface area contributed by atoms with Gasteiger partial charge in [0.1, 0.15) is 11.4 Å². The standard InChI is InChI=1S/C12H14ClN3O/c1-2-12-4-3-5-16(12)10-8(6-9(12)17)7-14-11(13)15-10/h7H,2-6H2,1H3/t12-/m0/s1. The highest BCUT2D eigenvalue weighted by atomic mass is 35.5. The molecular weight excluding hydrogens is 238 g/mol. The van der Waals surface area contributed by atoms with Crippen LogP contribution in [0.5, 0.6) is 0 Å². The van der Waals surface area contributed by atoms with E-state index >= 15 is 0 Å². The van der Waals surface area contributed by atoms with E-state index in [2.05, 4.69) is 21.8 Å². The molecule has 2 aliphatic heterocycles. The van der Waals surface area contributed by atoms with E-state index in [1.54, 1.807) is 6.20 Å². The number of carbonyl (C=O) groups excluding carboxylic acids is 1. The summed E-state index contributed by atoms with van der Waals surface area (Å²) in [5.41, 5.74) is 0.579. The van der Waals surface area contributed by atoms with E-state index in [4.69, 9.17) is 11.6 Å². The van der Waals surface area contributed by atoms with Gasteiger partial charge < -0.3 is 4.90 Å². The van der Waals surface area contributed by atoms with Crippen molar-refractivity contribution in [3.8, 4) is 0 Å². The van der Waals surface area contributed by atoms with Crippen LogP contribution >= 0.6 is 11.6 Å². The number of carbonyl (C=O) groups is 1. The van der Waals surface area contributed by atoms with Crippen LogP contribution in [0.4, 0.5) is 5.82 Å². The van der Waals surface area contributed by atoms with Crippen LogP contribution in [0.3, 0.4) is 0 Å². The lowest BCUT2D eigenvalue weighted by Crippen LogP contribution is -2.54. The maximum Gasteiger partial charge on any atom is 0.224 e. The third-order valence-electron chi connectivity index (χ3n) is 4.01. The monoisotopic (exact) mass is 251 g/mol. The Kier molecular flexibility index (Phi) is 2.36. The summed E-state index contributed by atoms with van der Waals surface area (Å²) in [4.78, 5) is 22.8. The van der Waals surface area contributed by atoms with Crippen LogP contribution in [-0.4, -0.2) is 27.8 Å². The van der Waals surface area contributed by atoms with Crippen molar-refractivity contribution in [1.29, 1.82) is 0 Å². The first-order chi connectivity index (χ1) is 8.17. The Hall–Kier alpha value is -1.16. The summed E-state index contributed by atoms with van der Waals surface area (Å²) in [7, 11) is 0. The molecular formula is C12H14ClN3O. The summed E-state index contributed by atoms with van der Waals surface area (Å²) < 4.78 is 0. The molecule has 1 fully saturated rings. The zero-order chi connectivity index (χ0) is 12.0. The summed E-state index contributed by atoms with van der Waals surface area (Å²) in [6.45, 7) is 2.96. The number of halogens is 1. The fraction of sp³-hybridized carbons (Fsp3) is 0.583. The summed E-state index contributed by atoms with van der Waals surface area (Å²) in [5, 5.41) is 0.259. The molecule has 0 radical (unpaired) electrons. The van der Waals surface area contributed by atoms with Crippen LogP contribution in [0, 0.1) is 0 Å². The Bertz CT molecular complexity index is 491. The molecule has 0 saturated carbocycles. The Morgan fingerprint density at radius 2 is 2.41 bits per heavy atom. The van der Waals surface area contributed by atoms with Crippen LogP contribution < -0.4 is 4.90 Å². The van der Waals surface area contributed by atoms with E-state index in [-0.39, 0.29) is 10.8 Å². The van der Waals surface area contributed by atoms with E-state index in [0.29, 0.717) is 12.2 Å². The minimum atomic E-state index is -0.329. The van der Waals surface area contributed by atoms with Gasteiger partial charge in [0.2, 0.25) is 5.28 Å². The second-order valence-electron chi connectivity index (χ2n) is 4.73. The topological polar surface area (TPSA) is 46.1 Å². The van der Waals surface area contributed by atoms with Crippen LogP contribution in [-0.2, 0) is 11.2 Å². The second-order valence-corrected chi connectivity index (χ2v) is 5.07. The SMILES string of the molecule is CC[C@@]12CCCN1c1nc(Cl)ncc1CC2=O. The Balaban J connectivity index is 2.16. The fourth-order valence-electron chi connectivity index (χ4n) is 3.11. The van der Waals surface area contributed by atoms with Gasteiger partial charge in [0.15, 0.2) is 5.78 Å². The lowest BCUT2D eigenvalue weighted by Gasteiger charge is -2.41. The largest absolute Gasteiger partial charge is 0.343 e. The molecule has 0 amide bonds. The van der Waals surface area contributed by atoms with Crippen LogP contribution in [0.25, 0.3) is 0 Å². The molecule has 1 saturated heterocycles. The number of hydrogen-bond donors (Lipinski definition) is 0. The summed E-state index contributed by atoms with van der Waals surface area (Å²) >= 11 is 5.86. The molecule has 1 aromatic heterocycles. The van der Waals surface area contributed by atoms with Crippen molar-refractivity contribution >= 4 is 23.2 Å². The molecule has 3 rings (SSSR count). The van der Waals surface area contributed by atoms with E-state index < -0.39 is 0 Å². The van der Waals surface area contributed by atoms with Gasteiger partial charge in [-0.1, -0.05) is 6.92 Å². The van der Waals surface area contributed by atoms with E-state index in [1.807, 2.05) is 0 Å². The van der Waals surface area contributed by atoms with E-state index in [0.717, 1.165) is 37.2 Å². The molecule has 4 nitrogen and oxygen atoms in total. The first kappa shape index (κ1) is 11.0. The maximum absolute atomic E-state index is 12.3. The highest BCUT2D eigenvalue weighted by molar-refractivity contribution is 6.28. The van der Waals surface area contributed by atoms with Crippen molar-refractivity contribution in [2.75, 3.05) is 11.4 Å². The van der Waals surface area contributed by atoms with Crippen molar-refractivity contribution < 1.29 is 4.79 Å². The number of nitrogens with zero attached hydrogens (tertiary/aromatic N) is 3. The third kappa shape index (κ3) is 1.40. The van der Waals surface area contributed by atoms with Gasteiger partial charge >= 0.3 is 0 Å². The highest BCUT2D eigenvalue weighted by Gasteiger charge is 2.49. The lowest BCUT2D eigenvalue weighted by atomic mass is 9.82. The molecule has 90 valence electrons. The maximum atomic E-state index is 12.3. The molecule has 17 heavy (non-hydrogen) atoms. The van der Waals surface area contributed by atoms with Gasteiger partial charge in [0.05, 0.1) is 0 Å². The number of rotatable bonds is 1. The van der Waals surface area contributed by atoms with Crippen molar-refractivity contribution in [2.24, 2.45) is 0 Å². The molecule has 0 spiro atoms. The summed E-state index contributed by atoms with van der Waals surface area (Å²) in [6.07, 6.45) is 4.94. The fourth-order valence-corrected chi connectivity index (χ4v) is 3.24. The average molecular weight is 252 g/mol. The van der Waals surface area contributed by atoms with Crippen LogP contribution in [0.1, 0.15) is 31.7 Å². The van der Waals surface area contributed by atoms with Gasteiger partial charge in [-0.15, -0.1) is 0 Å². The smallest absolute Gasteiger partial charge is 0.224 e. The van der Waals surface area contributed by atoms with Gasteiger partial charge in [0, 0.05) is 24.7 Å². The summed E-state index contributed by atoms with van der Waals surface area (Å²) in [5.74, 6) is 1.17. The number of anilines is 1. The minimum Gasteiger partial charge on any atom is -0.343 e. The second kappa shape index (κ2) is 3.67. The zero-order valence-corrected chi connectivity index (χ0v) is 10.5. The van der Waals surface area contributed by atoms with Gasteiger partial charge in [0.25, 0.3) is 0 Å². The number of aromatic nitrogens is 2. The lowest BCUT2D eigenvalue weighted by molar-refractivity contribution is -0.123.